The summed E-state index contributed by atoms with van der Waals surface area (Å²) in [4.78, 5) is 12.5. The van der Waals surface area contributed by atoms with Crippen molar-refractivity contribution >= 4 is 33.4 Å². The minimum atomic E-state index is -0.591. The lowest BCUT2D eigenvalue weighted by atomic mass is 10.1. The van der Waals surface area contributed by atoms with Crippen LogP contribution in [-0.4, -0.2) is 10.7 Å². The lowest BCUT2D eigenvalue weighted by Gasteiger charge is -2.18. The van der Waals surface area contributed by atoms with Crippen molar-refractivity contribution in [2.75, 3.05) is 0 Å². The number of amides is 1. The molecule has 2 unspecified atom stereocenters. The Hall–Kier alpha value is -1.39. The van der Waals surface area contributed by atoms with Gasteiger partial charge in [-0.05, 0) is 29.7 Å². The fourth-order valence-corrected chi connectivity index (χ4v) is 3.59. The van der Waals surface area contributed by atoms with Crippen LogP contribution in [-0.2, 0) is 6.42 Å². The molecule has 1 aliphatic rings. The number of fused-ring (bicyclic) bond motifs is 1. The van der Waals surface area contributed by atoms with E-state index in [9.17, 15) is 9.18 Å². The number of carbonyl (C=O) groups excluding carboxylic acids is 1. The summed E-state index contributed by atoms with van der Waals surface area (Å²) in [6.07, 6.45) is 0.845. The SMILES string of the molecule is O=C(NC1c2ccccc2CC1Br)c1cccc(F)c1Cl. The molecule has 0 spiro atoms. The van der Waals surface area contributed by atoms with Gasteiger partial charge in [-0.25, -0.2) is 4.39 Å². The molecule has 3 rings (SSSR count). The van der Waals surface area contributed by atoms with Gasteiger partial charge in [0.1, 0.15) is 5.82 Å². The lowest BCUT2D eigenvalue weighted by Crippen LogP contribution is -2.31. The van der Waals surface area contributed by atoms with Gasteiger partial charge in [-0.3, -0.25) is 4.79 Å². The van der Waals surface area contributed by atoms with E-state index in [4.69, 9.17) is 11.6 Å². The van der Waals surface area contributed by atoms with Crippen molar-refractivity contribution in [2.24, 2.45) is 0 Å². The van der Waals surface area contributed by atoms with Crippen molar-refractivity contribution in [1.82, 2.24) is 5.32 Å². The molecule has 0 aliphatic heterocycles. The molecule has 108 valence electrons. The number of carbonyl (C=O) groups is 1. The van der Waals surface area contributed by atoms with Gasteiger partial charge in [0, 0.05) is 4.83 Å². The Morgan fingerprint density at radius 1 is 1.24 bits per heavy atom. The second kappa shape index (κ2) is 5.78. The quantitative estimate of drug-likeness (QED) is 0.788. The maximum absolute atomic E-state index is 13.4. The van der Waals surface area contributed by atoms with E-state index in [2.05, 4.69) is 21.2 Å². The molecule has 5 heteroatoms. The standard InChI is InChI=1S/C16H12BrClFNO/c17-12-8-9-4-1-2-5-10(9)15(12)20-16(21)11-6-3-7-13(19)14(11)18/h1-7,12,15H,8H2,(H,20,21). The number of benzene rings is 2. The average molecular weight is 369 g/mol. The first-order chi connectivity index (χ1) is 10.1. The third kappa shape index (κ3) is 2.70. The second-order valence-corrected chi connectivity index (χ2v) is 6.53. The topological polar surface area (TPSA) is 29.1 Å². The second-order valence-electron chi connectivity index (χ2n) is 4.97. The van der Waals surface area contributed by atoms with Gasteiger partial charge in [-0.1, -0.05) is 57.9 Å². The van der Waals surface area contributed by atoms with Gasteiger partial charge < -0.3 is 5.32 Å². The molecule has 21 heavy (non-hydrogen) atoms. The number of alkyl halides is 1. The molecule has 2 atom stereocenters. The number of nitrogens with one attached hydrogen (secondary N) is 1. The first-order valence-corrected chi connectivity index (χ1v) is 7.84. The van der Waals surface area contributed by atoms with E-state index in [0.717, 1.165) is 12.0 Å². The van der Waals surface area contributed by atoms with Crippen molar-refractivity contribution in [2.45, 2.75) is 17.3 Å². The fourth-order valence-electron chi connectivity index (χ4n) is 2.61. The summed E-state index contributed by atoms with van der Waals surface area (Å²) in [7, 11) is 0. The van der Waals surface area contributed by atoms with Crippen LogP contribution >= 0.6 is 27.5 Å². The Morgan fingerprint density at radius 3 is 2.81 bits per heavy atom. The highest BCUT2D eigenvalue weighted by molar-refractivity contribution is 9.09. The Bertz CT molecular complexity index is 706. The molecule has 2 nitrogen and oxygen atoms in total. The van der Waals surface area contributed by atoms with Crippen LogP contribution in [0.2, 0.25) is 5.02 Å². The number of rotatable bonds is 2. The number of hydrogen-bond donors (Lipinski definition) is 1. The highest BCUT2D eigenvalue weighted by atomic mass is 79.9. The molecule has 0 saturated heterocycles. The summed E-state index contributed by atoms with van der Waals surface area (Å²) in [5, 5.41) is 2.79. The first kappa shape index (κ1) is 14.5. The predicted octanol–water partition coefficient (Wildman–Crippen LogP) is 4.27. The largest absolute Gasteiger partial charge is 0.344 e. The van der Waals surface area contributed by atoms with Crippen molar-refractivity contribution < 1.29 is 9.18 Å². The smallest absolute Gasteiger partial charge is 0.253 e. The molecule has 1 N–H and O–H groups in total. The molecule has 0 aromatic heterocycles. The highest BCUT2D eigenvalue weighted by Crippen LogP contribution is 2.36. The van der Waals surface area contributed by atoms with Crippen LogP contribution in [0.25, 0.3) is 0 Å². The molecule has 0 radical (unpaired) electrons. The zero-order chi connectivity index (χ0) is 15.0. The van der Waals surface area contributed by atoms with Crippen LogP contribution in [0.4, 0.5) is 4.39 Å². The van der Waals surface area contributed by atoms with E-state index in [1.165, 1.54) is 23.8 Å². The van der Waals surface area contributed by atoms with E-state index >= 15 is 0 Å². The van der Waals surface area contributed by atoms with Gasteiger partial charge in [0.2, 0.25) is 0 Å². The summed E-state index contributed by atoms with van der Waals surface area (Å²) in [5.74, 6) is -0.961. The van der Waals surface area contributed by atoms with Crippen LogP contribution in [0.15, 0.2) is 42.5 Å². The lowest BCUT2D eigenvalue weighted by molar-refractivity contribution is 0.0937. The molecule has 2 aromatic rings. The molecular weight excluding hydrogens is 357 g/mol. The van der Waals surface area contributed by atoms with E-state index in [-0.39, 0.29) is 27.4 Å². The third-order valence-corrected chi connectivity index (χ3v) is 4.89. The minimum absolute atomic E-state index is 0.117. The van der Waals surface area contributed by atoms with E-state index < -0.39 is 5.82 Å². The number of hydrogen-bond acceptors (Lipinski definition) is 1. The van der Waals surface area contributed by atoms with E-state index in [1.807, 2.05) is 24.3 Å². The predicted molar refractivity (Wildman–Crippen MR) is 84.5 cm³/mol. The van der Waals surface area contributed by atoms with Gasteiger partial charge in [0.25, 0.3) is 5.91 Å². The van der Waals surface area contributed by atoms with Gasteiger partial charge >= 0.3 is 0 Å². The summed E-state index contributed by atoms with van der Waals surface area (Å²) >= 11 is 9.46. The molecular formula is C16H12BrClFNO. The van der Waals surface area contributed by atoms with Crippen LogP contribution < -0.4 is 5.32 Å². The summed E-state index contributed by atoms with van der Waals surface area (Å²) in [6, 6.07) is 12.0. The molecule has 0 fully saturated rings. The average Bonchev–Trinajstić information content (AvgIpc) is 2.78. The normalized spacial score (nSPS) is 20.1. The van der Waals surface area contributed by atoms with Crippen LogP contribution in [0.3, 0.4) is 0 Å². The third-order valence-electron chi connectivity index (χ3n) is 3.65. The van der Waals surface area contributed by atoms with E-state index in [1.54, 1.807) is 0 Å². The van der Waals surface area contributed by atoms with Crippen molar-refractivity contribution in [3.05, 3.63) is 70.0 Å². The first-order valence-electron chi connectivity index (χ1n) is 6.54. The van der Waals surface area contributed by atoms with Crippen molar-refractivity contribution in [3.8, 4) is 0 Å². The van der Waals surface area contributed by atoms with Crippen molar-refractivity contribution in [3.63, 3.8) is 0 Å². The molecule has 0 heterocycles. The van der Waals surface area contributed by atoms with Gasteiger partial charge in [0.15, 0.2) is 0 Å². The summed E-state index contributed by atoms with van der Waals surface area (Å²) in [5.41, 5.74) is 2.44. The summed E-state index contributed by atoms with van der Waals surface area (Å²) < 4.78 is 13.4. The monoisotopic (exact) mass is 367 g/mol. The van der Waals surface area contributed by atoms with Crippen molar-refractivity contribution in [1.29, 1.82) is 0 Å². The van der Waals surface area contributed by atoms with Crippen LogP contribution in [0.1, 0.15) is 27.5 Å². The minimum Gasteiger partial charge on any atom is -0.344 e. The molecule has 1 amide bonds. The Balaban J connectivity index is 1.87. The maximum Gasteiger partial charge on any atom is 0.253 e. The fraction of sp³-hybridized carbons (Fsp3) is 0.188. The highest BCUT2D eigenvalue weighted by Gasteiger charge is 2.32. The summed E-state index contributed by atoms with van der Waals surface area (Å²) in [6.45, 7) is 0. The van der Waals surface area contributed by atoms with Gasteiger partial charge in [-0.15, -0.1) is 0 Å². The molecule has 2 aromatic carbocycles. The van der Waals surface area contributed by atoms with Crippen LogP contribution in [0, 0.1) is 5.82 Å². The van der Waals surface area contributed by atoms with E-state index in [0.29, 0.717) is 0 Å². The number of halogens is 3. The van der Waals surface area contributed by atoms with Gasteiger partial charge in [0.05, 0.1) is 16.6 Å². The van der Waals surface area contributed by atoms with Crippen LogP contribution in [0.5, 0.6) is 0 Å². The Morgan fingerprint density at radius 2 is 2.00 bits per heavy atom. The Labute approximate surface area is 135 Å². The van der Waals surface area contributed by atoms with Gasteiger partial charge in [-0.2, -0.15) is 0 Å². The zero-order valence-corrected chi connectivity index (χ0v) is 13.3. The Kier molecular flexibility index (Phi) is 4.00. The zero-order valence-electron chi connectivity index (χ0n) is 10.9. The molecule has 1 aliphatic carbocycles. The maximum atomic E-state index is 13.4. The molecule has 0 bridgehead atoms. The molecule has 0 saturated carbocycles.